The number of ether oxygens (including phenoxy) is 1. The Morgan fingerprint density at radius 3 is 2.67 bits per heavy atom. The quantitative estimate of drug-likeness (QED) is 0.853. The predicted molar refractivity (Wildman–Crippen MR) is 75.3 cm³/mol. The summed E-state index contributed by atoms with van der Waals surface area (Å²) in [5, 5.41) is 9.19. The zero-order valence-electron chi connectivity index (χ0n) is 9.77. The SMILES string of the molecule is Nc1cc(COc2ccccc2CO)ccc1Br. The number of nitrogen functional groups attached to an aromatic ring is 1. The average molecular weight is 308 g/mol. The number of benzene rings is 2. The number of nitrogens with two attached hydrogens (primary N) is 1. The normalized spacial score (nSPS) is 10.3. The lowest BCUT2D eigenvalue weighted by Gasteiger charge is -2.10. The summed E-state index contributed by atoms with van der Waals surface area (Å²) in [5.41, 5.74) is 8.26. The van der Waals surface area contributed by atoms with Crippen LogP contribution in [0.25, 0.3) is 0 Å². The zero-order chi connectivity index (χ0) is 13.0. The van der Waals surface area contributed by atoms with Gasteiger partial charge in [0.1, 0.15) is 12.4 Å². The van der Waals surface area contributed by atoms with E-state index in [-0.39, 0.29) is 6.61 Å². The molecule has 0 aromatic heterocycles. The maximum Gasteiger partial charge on any atom is 0.125 e. The number of hydrogen-bond donors (Lipinski definition) is 2. The van der Waals surface area contributed by atoms with Crippen LogP contribution in [-0.2, 0) is 13.2 Å². The second-order valence-corrected chi connectivity index (χ2v) is 4.76. The van der Waals surface area contributed by atoms with Gasteiger partial charge in [-0.05, 0) is 39.7 Å². The van der Waals surface area contributed by atoms with Gasteiger partial charge >= 0.3 is 0 Å². The van der Waals surface area contributed by atoms with E-state index < -0.39 is 0 Å². The van der Waals surface area contributed by atoms with Gasteiger partial charge in [-0.15, -0.1) is 0 Å². The molecule has 2 aromatic rings. The first-order valence-electron chi connectivity index (χ1n) is 5.56. The summed E-state index contributed by atoms with van der Waals surface area (Å²) in [6.07, 6.45) is 0. The number of para-hydroxylation sites is 1. The van der Waals surface area contributed by atoms with Crippen LogP contribution in [0.4, 0.5) is 5.69 Å². The molecule has 0 aliphatic carbocycles. The highest BCUT2D eigenvalue weighted by Gasteiger charge is 2.03. The number of anilines is 1. The summed E-state index contributed by atoms with van der Waals surface area (Å²) in [6, 6.07) is 13.1. The standard InChI is InChI=1S/C14H14BrNO2/c15-12-6-5-10(7-13(12)16)9-18-14-4-2-1-3-11(14)8-17/h1-7,17H,8-9,16H2. The van der Waals surface area contributed by atoms with E-state index >= 15 is 0 Å². The van der Waals surface area contributed by atoms with Crippen LogP contribution in [-0.4, -0.2) is 5.11 Å². The van der Waals surface area contributed by atoms with Crippen molar-refractivity contribution in [1.82, 2.24) is 0 Å². The van der Waals surface area contributed by atoms with Crippen molar-refractivity contribution in [3.63, 3.8) is 0 Å². The van der Waals surface area contributed by atoms with Crippen molar-refractivity contribution < 1.29 is 9.84 Å². The van der Waals surface area contributed by atoms with E-state index in [1.165, 1.54) is 0 Å². The molecule has 0 saturated heterocycles. The fourth-order valence-corrected chi connectivity index (χ4v) is 1.87. The highest BCUT2D eigenvalue weighted by Crippen LogP contribution is 2.23. The Balaban J connectivity index is 2.09. The summed E-state index contributed by atoms with van der Waals surface area (Å²) >= 11 is 3.35. The zero-order valence-corrected chi connectivity index (χ0v) is 11.4. The van der Waals surface area contributed by atoms with E-state index in [1.54, 1.807) is 0 Å². The van der Waals surface area contributed by atoms with Gasteiger partial charge in [0.05, 0.1) is 6.61 Å². The topological polar surface area (TPSA) is 55.5 Å². The van der Waals surface area contributed by atoms with Gasteiger partial charge in [-0.3, -0.25) is 0 Å². The minimum Gasteiger partial charge on any atom is -0.489 e. The molecule has 3 nitrogen and oxygen atoms in total. The van der Waals surface area contributed by atoms with Crippen molar-refractivity contribution >= 4 is 21.6 Å². The lowest BCUT2D eigenvalue weighted by molar-refractivity contribution is 0.259. The average Bonchev–Trinajstić information content (AvgIpc) is 2.40. The molecule has 0 amide bonds. The van der Waals surface area contributed by atoms with Crippen molar-refractivity contribution in [2.75, 3.05) is 5.73 Å². The summed E-state index contributed by atoms with van der Waals surface area (Å²) in [4.78, 5) is 0. The van der Waals surface area contributed by atoms with Gasteiger partial charge in [-0.25, -0.2) is 0 Å². The Morgan fingerprint density at radius 1 is 1.17 bits per heavy atom. The molecule has 3 N–H and O–H groups in total. The monoisotopic (exact) mass is 307 g/mol. The van der Waals surface area contributed by atoms with E-state index in [9.17, 15) is 5.11 Å². The molecule has 0 atom stereocenters. The lowest BCUT2D eigenvalue weighted by atomic mass is 10.2. The first-order valence-corrected chi connectivity index (χ1v) is 6.35. The second kappa shape index (κ2) is 5.89. The molecule has 18 heavy (non-hydrogen) atoms. The fourth-order valence-electron chi connectivity index (χ4n) is 1.62. The van der Waals surface area contributed by atoms with Gasteiger partial charge in [-0.2, -0.15) is 0 Å². The van der Waals surface area contributed by atoms with Crippen molar-refractivity contribution in [2.24, 2.45) is 0 Å². The van der Waals surface area contributed by atoms with Gasteiger partial charge in [0, 0.05) is 15.7 Å². The maximum atomic E-state index is 9.19. The number of halogens is 1. The summed E-state index contributed by atoms with van der Waals surface area (Å²) in [5.74, 6) is 0.696. The van der Waals surface area contributed by atoms with Crippen LogP contribution in [0.1, 0.15) is 11.1 Å². The highest BCUT2D eigenvalue weighted by atomic mass is 79.9. The van der Waals surface area contributed by atoms with Gasteiger partial charge < -0.3 is 15.6 Å². The van der Waals surface area contributed by atoms with Crippen molar-refractivity contribution in [2.45, 2.75) is 13.2 Å². The van der Waals surface area contributed by atoms with E-state index in [1.807, 2.05) is 42.5 Å². The molecular formula is C14H14BrNO2. The molecule has 4 heteroatoms. The van der Waals surface area contributed by atoms with Crippen LogP contribution in [0.5, 0.6) is 5.75 Å². The van der Waals surface area contributed by atoms with Crippen LogP contribution >= 0.6 is 15.9 Å². The van der Waals surface area contributed by atoms with Gasteiger partial charge in [-0.1, -0.05) is 24.3 Å². The Labute approximate surface area is 114 Å². The molecule has 0 bridgehead atoms. The van der Waals surface area contributed by atoms with E-state index in [4.69, 9.17) is 10.5 Å². The van der Waals surface area contributed by atoms with Crippen molar-refractivity contribution in [1.29, 1.82) is 0 Å². The fraction of sp³-hybridized carbons (Fsp3) is 0.143. The first-order chi connectivity index (χ1) is 8.70. The van der Waals surface area contributed by atoms with Crippen LogP contribution in [0.15, 0.2) is 46.9 Å². The molecule has 0 aliphatic heterocycles. The molecule has 0 radical (unpaired) electrons. The Kier molecular flexibility index (Phi) is 4.23. The molecule has 0 unspecified atom stereocenters. The van der Waals surface area contributed by atoms with Crippen LogP contribution in [0.3, 0.4) is 0 Å². The molecule has 0 saturated carbocycles. The van der Waals surface area contributed by atoms with Crippen LogP contribution in [0.2, 0.25) is 0 Å². The summed E-state index contributed by atoms with van der Waals surface area (Å²) in [6.45, 7) is 0.396. The summed E-state index contributed by atoms with van der Waals surface area (Å²) in [7, 11) is 0. The van der Waals surface area contributed by atoms with Crippen LogP contribution in [0, 0.1) is 0 Å². The Bertz CT molecular complexity index is 543. The summed E-state index contributed by atoms with van der Waals surface area (Å²) < 4.78 is 6.55. The molecule has 94 valence electrons. The second-order valence-electron chi connectivity index (χ2n) is 3.91. The number of aliphatic hydroxyl groups excluding tert-OH is 1. The first kappa shape index (κ1) is 12.9. The largest absolute Gasteiger partial charge is 0.489 e. The van der Waals surface area contributed by atoms with Crippen molar-refractivity contribution in [3.05, 3.63) is 58.1 Å². The highest BCUT2D eigenvalue weighted by molar-refractivity contribution is 9.10. The van der Waals surface area contributed by atoms with Crippen LogP contribution < -0.4 is 10.5 Å². The molecular weight excluding hydrogens is 294 g/mol. The minimum absolute atomic E-state index is 0.0291. The number of rotatable bonds is 4. The Morgan fingerprint density at radius 2 is 1.94 bits per heavy atom. The van der Waals surface area contributed by atoms with E-state index in [0.29, 0.717) is 18.0 Å². The van der Waals surface area contributed by atoms with Gasteiger partial charge in [0.25, 0.3) is 0 Å². The molecule has 0 spiro atoms. The molecule has 2 aromatic carbocycles. The third-order valence-corrected chi connectivity index (χ3v) is 3.32. The molecule has 0 heterocycles. The third-order valence-electron chi connectivity index (χ3n) is 2.60. The smallest absolute Gasteiger partial charge is 0.125 e. The maximum absolute atomic E-state index is 9.19. The van der Waals surface area contributed by atoms with E-state index in [0.717, 1.165) is 15.6 Å². The molecule has 2 rings (SSSR count). The molecule has 0 aliphatic rings. The van der Waals surface area contributed by atoms with Gasteiger partial charge in [0.2, 0.25) is 0 Å². The number of hydrogen-bond acceptors (Lipinski definition) is 3. The minimum atomic E-state index is -0.0291. The van der Waals surface area contributed by atoms with Crippen molar-refractivity contribution in [3.8, 4) is 5.75 Å². The van der Waals surface area contributed by atoms with Gasteiger partial charge in [0.15, 0.2) is 0 Å². The number of aliphatic hydroxyl groups is 1. The molecule has 0 fully saturated rings. The predicted octanol–water partition coefficient (Wildman–Crippen LogP) is 3.10. The Hall–Kier alpha value is -1.52. The lowest BCUT2D eigenvalue weighted by Crippen LogP contribution is -1.99. The van der Waals surface area contributed by atoms with E-state index in [2.05, 4.69) is 15.9 Å². The third kappa shape index (κ3) is 3.03.